The van der Waals surface area contributed by atoms with Gasteiger partial charge in [0, 0.05) is 47.6 Å². The van der Waals surface area contributed by atoms with Crippen molar-refractivity contribution in [2.75, 3.05) is 19.9 Å². The third-order valence-corrected chi connectivity index (χ3v) is 7.14. The van der Waals surface area contributed by atoms with Crippen molar-refractivity contribution in [3.05, 3.63) is 50.4 Å². The van der Waals surface area contributed by atoms with Gasteiger partial charge in [-0.25, -0.2) is 0 Å². The molecule has 180 valence electrons. The van der Waals surface area contributed by atoms with Gasteiger partial charge in [0.05, 0.1) is 16.9 Å². The maximum absolute atomic E-state index is 13.8. The van der Waals surface area contributed by atoms with E-state index in [-0.39, 0.29) is 35.1 Å². The van der Waals surface area contributed by atoms with Crippen LogP contribution >= 0.6 is 0 Å². The number of ketones is 1. The zero-order chi connectivity index (χ0) is 24.2. The summed E-state index contributed by atoms with van der Waals surface area (Å²) in [7, 11) is 0. The van der Waals surface area contributed by atoms with Crippen LogP contribution in [0.5, 0.6) is 11.5 Å². The van der Waals surface area contributed by atoms with E-state index in [0.29, 0.717) is 54.3 Å². The molecule has 9 heteroatoms. The molecule has 1 aromatic rings. The number of nitro benzene ring substituents is 1. The first-order chi connectivity index (χ1) is 16.2. The summed E-state index contributed by atoms with van der Waals surface area (Å²) in [5.41, 5.74) is 2.09. The molecular formula is C25H29N3O6. The number of carbonyl (C=O) groups excluding carboxylic acids is 2. The van der Waals surface area contributed by atoms with Gasteiger partial charge in [-0.15, -0.1) is 0 Å². The largest absolute Gasteiger partial charge is 0.454 e. The molecule has 1 saturated heterocycles. The number of fused-ring (bicyclic) bond motifs is 1. The summed E-state index contributed by atoms with van der Waals surface area (Å²) in [6, 6.07) is 2.92. The summed E-state index contributed by atoms with van der Waals surface area (Å²) in [6.07, 6.45) is 3.83. The van der Waals surface area contributed by atoms with Crippen LogP contribution in [0.4, 0.5) is 5.69 Å². The second-order valence-electron chi connectivity index (χ2n) is 10.3. The van der Waals surface area contributed by atoms with E-state index in [9.17, 15) is 19.7 Å². The summed E-state index contributed by atoms with van der Waals surface area (Å²) in [4.78, 5) is 40.8. The first-order valence-corrected chi connectivity index (χ1v) is 11.8. The number of likely N-dealkylation sites (tertiary alicyclic amines) is 1. The molecule has 9 nitrogen and oxygen atoms in total. The lowest BCUT2D eigenvalue weighted by molar-refractivity contribution is -0.385. The predicted octanol–water partition coefficient (Wildman–Crippen LogP) is 3.94. The van der Waals surface area contributed by atoms with Crippen molar-refractivity contribution in [1.29, 1.82) is 0 Å². The van der Waals surface area contributed by atoms with E-state index in [1.807, 2.05) is 20.8 Å². The van der Waals surface area contributed by atoms with Crippen LogP contribution < -0.4 is 14.8 Å². The average molecular weight is 468 g/mol. The number of nitrogens with one attached hydrogen (secondary N) is 1. The number of piperidine rings is 1. The van der Waals surface area contributed by atoms with Crippen LogP contribution in [0.2, 0.25) is 0 Å². The van der Waals surface area contributed by atoms with Gasteiger partial charge in [0.25, 0.3) is 11.6 Å². The molecule has 0 saturated carbocycles. The van der Waals surface area contributed by atoms with E-state index < -0.39 is 10.8 Å². The van der Waals surface area contributed by atoms with Crippen LogP contribution in [0, 0.1) is 15.5 Å². The molecule has 3 heterocycles. The molecule has 5 rings (SSSR count). The molecule has 4 aliphatic rings. The van der Waals surface area contributed by atoms with Crippen LogP contribution in [0.25, 0.3) is 0 Å². The van der Waals surface area contributed by atoms with E-state index in [1.54, 1.807) is 11.0 Å². The van der Waals surface area contributed by atoms with E-state index in [2.05, 4.69) is 5.32 Å². The minimum absolute atomic E-state index is 0.0301. The number of amides is 1. The fourth-order valence-electron chi connectivity index (χ4n) is 5.63. The number of Topliss-reactive ketones (excluding diaryl/α,β-unsaturated/α-hetero) is 1. The molecule has 1 aromatic carbocycles. The standard InChI is InChI=1S/C25H29N3O6/c1-14-21(24(30)27-7-5-4-6-8-27)22(23-16(26-14)11-25(2,3)12-18(23)29)15-9-19-20(34-13-33-19)10-17(15)28(31)32/h9-10,22,26H,4-8,11-13H2,1-3H3. The Morgan fingerprint density at radius 3 is 2.50 bits per heavy atom. The van der Waals surface area contributed by atoms with E-state index in [4.69, 9.17) is 9.47 Å². The number of hydrogen-bond donors (Lipinski definition) is 1. The number of benzene rings is 1. The van der Waals surface area contributed by atoms with Crippen molar-refractivity contribution in [1.82, 2.24) is 10.2 Å². The normalized spacial score (nSPS) is 23.6. The second kappa shape index (κ2) is 8.14. The Kier molecular flexibility index (Phi) is 5.37. The first-order valence-electron chi connectivity index (χ1n) is 11.8. The Balaban J connectivity index is 1.71. The van der Waals surface area contributed by atoms with Crippen molar-refractivity contribution >= 4 is 17.4 Å². The highest BCUT2D eigenvalue weighted by molar-refractivity contribution is 6.05. The van der Waals surface area contributed by atoms with E-state index in [1.165, 1.54) is 6.07 Å². The first kappa shape index (κ1) is 22.4. The zero-order valence-electron chi connectivity index (χ0n) is 19.7. The molecule has 1 unspecified atom stereocenters. The maximum Gasteiger partial charge on any atom is 0.277 e. The van der Waals surface area contributed by atoms with E-state index >= 15 is 0 Å². The Labute approximate surface area is 197 Å². The molecular weight excluding hydrogens is 438 g/mol. The molecule has 34 heavy (non-hydrogen) atoms. The third-order valence-electron chi connectivity index (χ3n) is 7.14. The Morgan fingerprint density at radius 2 is 1.82 bits per heavy atom. The summed E-state index contributed by atoms with van der Waals surface area (Å²) in [5.74, 6) is -0.436. The fraction of sp³-hybridized carbons (Fsp3) is 0.520. The smallest absolute Gasteiger partial charge is 0.277 e. The van der Waals surface area contributed by atoms with Crippen molar-refractivity contribution < 1.29 is 24.0 Å². The highest BCUT2D eigenvalue weighted by Gasteiger charge is 2.46. The summed E-state index contributed by atoms with van der Waals surface area (Å²) in [6.45, 7) is 7.12. The van der Waals surface area contributed by atoms with Crippen molar-refractivity contribution in [3.8, 4) is 11.5 Å². The minimum atomic E-state index is -0.843. The number of rotatable bonds is 3. The third kappa shape index (κ3) is 3.73. The Bertz CT molecular complexity index is 1160. The molecule has 0 aromatic heterocycles. The minimum Gasteiger partial charge on any atom is -0.454 e. The summed E-state index contributed by atoms with van der Waals surface area (Å²) >= 11 is 0. The number of nitro groups is 1. The second-order valence-corrected chi connectivity index (χ2v) is 10.3. The number of carbonyl (C=O) groups is 2. The highest BCUT2D eigenvalue weighted by atomic mass is 16.7. The lowest BCUT2D eigenvalue weighted by Gasteiger charge is -2.40. The van der Waals surface area contributed by atoms with Crippen LogP contribution in [-0.2, 0) is 9.59 Å². The topological polar surface area (TPSA) is 111 Å². The lowest BCUT2D eigenvalue weighted by atomic mass is 9.68. The van der Waals surface area contributed by atoms with Crippen LogP contribution in [0.1, 0.15) is 64.4 Å². The van der Waals surface area contributed by atoms with Crippen molar-refractivity contribution in [2.24, 2.45) is 5.41 Å². The molecule has 1 N–H and O–H groups in total. The Morgan fingerprint density at radius 1 is 1.15 bits per heavy atom. The van der Waals surface area contributed by atoms with E-state index in [0.717, 1.165) is 25.0 Å². The van der Waals surface area contributed by atoms with Gasteiger partial charge in [-0.1, -0.05) is 13.8 Å². The molecule has 3 aliphatic heterocycles. The SMILES string of the molecule is CC1=C(C(=O)N2CCCCC2)C(c2cc3c(cc2[N+](=O)[O-])OCO3)C2=C(CC(C)(C)CC2=O)N1. The summed E-state index contributed by atoms with van der Waals surface area (Å²) < 4.78 is 10.9. The quantitative estimate of drug-likeness (QED) is 0.529. The molecule has 1 atom stereocenters. The van der Waals surface area contributed by atoms with Gasteiger partial charge in [-0.2, -0.15) is 0 Å². The van der Waals surface area contributed by atoms with Gasteiger partial charge in [-0.05, 0) is 44.1 Å². The average Bonchev–Trinajstić information content (AvgIpc) is 3.24. The monoisotopic (exact) mass is 467 g/mol. The summed E-state index contributed by atoms with van der Waals surface area (Å²) in [5, 5.41) is 15.5. The van der Waals surface area contributed by atoms with Crippen molar-refractivity contribution in [3.63, 3.8) is 0 Å². The zero-order valence-corrected chi connectivity index (χ0v) is 19.7. The van der Waals surface area contributed by atoms with Gasteiger partial charge in [-0.3, -0.25) is 19.7 Å². The van der Waals surface area contributed by atoms with Crippen molar-refractivity contribution in [2.45, 2.75) is 58.8 Å². The maximum atomic E-state index is 13.8. The van der Waals surface area contributed by atoms with Gasteiger partial charge >= 0.3 is 0 Å². The van der Waals surface area contributed by atoms with Gasteiger partial charge in [0.15, 0.2) is 17.3 Å². The Hall–Kier alpha value is -3.36. The van der Waals surface area contributed by atoms with Gasteiger partial charge in [0.2, 0.25) is 6.79 Å². The highest BCUT2D eigenvalue weighted by Crippen LogP contribution is 2.51. The molecule has 1 aliphatic carbocycles. The number of allylic oxidation sites excluding steroid dienone is 3. The molecule has 0 bridgehead atoms. The fourth-order valence-corrected chi connectivity index (χ4v) is 5.63. The molecule has 0 spiro atoms. The lowest BCUT2D eigenvalue weighted by Crippen LogP contribution is -2.43. The molecule has 1 fully saturated rings. The number of ether oxygens (including phenoxy) is 2. The predicted molar refractivity (Wildman–Crippen MR) is 123 cm³/mol. The van der Waals surface area contributed by atoms with Gasteiger partial charge in [0.1, 0.15) is 0 Å². The number of hydrogen-bond acceptors (Lipinski definition) is 7. The number of nitrogens with zero attached hydrogens (tertiary/aromatic N) is 2. The van der Waals surface area contributed by atoms with Crippen LogP contribution in [0.3, 0.4) is 0 Å². The van der Waals surface area contributed by atoms with Crippen LogP contribution in [0.15, 0.2) is 34.7 Å². The molecule has 1 amide bonds. The molecule has 0 radical (unpaired) electrons. The van der Waals surface area contributed by atoms with Crippen LogP contribution in [-0.4, -0.2) is 41.4 Å². The van der Waals surface area contributed by atoms with Gasteiger partial charge < -0.3 is 19.7 Å². The number of dihydropyridines is 1.